The summed E-state index contributed by atoms with van der Waals surface area (Å²) in [6.45, 7) is 5.39. The molecule has 2 aliphatic heterocycles. The van der Waals surface area contributed by atoms with Gasteiger partial charge in [-0.15, -0.1) is 0 Å². The van der Waals surface area contributed by atoms with Crippen LogP contribution in [0.1, 0.15) is 24.0 Å². The van der Waals surface area contributed by atoms with Crippen LogP contribution in [0.2, 0.25) is 0 Å². The number of phenols is 1. The molecule has 6 rings (SSSR count). The first-order chi connectivity index (χ1) is 24.0. The molecular weight excluding hydrogens is 655 g/mol. The van der Waals surface area contributed by atoms with Crippen LogP contribution in [0.3, 0.4) is 0 Å². The van der Waals surface area contributed by atoms with E-state index in [4.69, 9.17) is 37.9 Å². The second kappa shape index (κ2) is 15.1. The minimum absolute atomic E-state index is 0.0150. The van der Waals surface area contributed by atoms with Gasteiger partial charge in [0, 0.05) is 50.0 Å². The van der Waals surface area contributed by atoms with Crippen LogP contribution in [-0.2, 0) is 16.6 Å². The second-order valence-electron chi connectivity index (χ2n) is 13.4. The van der Waals surface area contributed by atoms with Crippen molar-refractivity contribution in [2.75, 3.05) is 58.7 Å². The number of hydrogen-bond acceptors (Lipinski definition) is 13. The van der Waals surface area contributed by atoms with Gasteiger partial charge in [0.25, 0.3) is 10.0 Å². The van der Waals surface area contributed by atoms with Crippen molar-refractivity contribution in [2.45, 2.75) is 43.3 Å². The van der Waals surface area contributed by atoms with Crippen molar-refractivity contribution < 1.29 is 13.5 Å². The van der Waals surface area contributed by atoms with Gasteiger partial charge in [-0.1, -0.05) is 48.0 Å². The maximum Gasteiger partial charge on any atom is 0.264 e. The molecule has 0 saturated carbocycles. The fourth-order valence-electron chi connectivity index (χ4n) is 6.69. The third kappa shape index (κ3) is 8.08. The van der Waals surface area contributed by atoms with Crippen LogP contribution in [0.5, 0.6) is 5.75 Å². The van der Waals surface area contributed by atoms with Gasteiger partial charge in [0.2, 0.25) is 17.8 Å². The SMILES string of the molecule is Cc1ccc(S(=O)(=O)N(Cc2ccccc2)c2ccc(Nc3nc(N4C[C@H](N)C[C@H](N)C4)nc(N4C[C@H](CN)C[C@H](CN)C4)n3)cc2O)cc1. The number of piperidine rings is 2. The molecule has 266 valence electrons. The van der Waals surface area contributed by atoms with E-state index in [1.165, 1.54) is 10.4 Å². The summed E-state index contributed by atoms with van der Waals surface area (Å²) in [5, 5.41) is 14.6. The van der Waals surface area contributed by atoms with Crippen molar-refractivity contribution in [3.05, 3.63) is 83.9 Å². The molecular formula is C35H47N11O3S. The van der Waals surface area contributed by atoms with E-state index < -0.39 is 10.0 Å². The van der Waals surface area contributed by atoms with Gasteiger partial charge in [-0.25, -0.2) is 8.42 Å². The van der Waals surface area contributed by atoms with Crippen molar-refractivity contribution >= 4 is 39.2 Å². The highest BCUT2D eigenvalue weighted by Gasteiger charge is 2.31. The largest absolute Gasteiger partial charge is 0.506 e. The standard InChI is InChI=1S/C35H47N11O3S/c1-23-7-10-30(11-8-23)50(48,49)46(20-24-5-3-2-4-6-24)31-12-9-29(15-32(31)47)40-33-41-34(44-18-25(16-36)13-26(17-37)19-44)43-35(42-33)45-21-27(38)14-28(39)22-45/h2-12,15,25-28,47H,13-14,16-22,36-39H2,1H3,(H,40,41,42,43)/t25-,26+,27-,28+. The van der Waals surface area contributed by atoms with E-state index in [-0.39, 0.29) is 52.7 Å². The third-order valence-corrected chi connectivity index (χ3v) is 11.0. The lowest BCUT2D eigenvalue weighted by molar-refractivity contribution is 0.326. The number of aryl methyl sites for hydroxylation is 1. The van der Waals surface area contributed by atoms with Gasteiger partial charge in [0.05, 0.1) is 17.1 Å². The molecule has 14 nitrogen and oxygen atoms in total. The maximum absolute atomic E-state index is 14.0. The first-order valence-electron chi connectivity index (χ1n) is 16.9. The lowest BCUT2D eigenvalue weighted by Gasteiger charge is -2.38. The highest BCUT2D eigenvalue weighted by Crippen LogP contribution is 2.36. The van der Waals surface area contributed by atoms with Crippen molar-refractivity contribution in [3.8, 4) is 5.75 Å². The number of aromatic hydroxyl groups is 1. The Morgan fingerprint density at radius 1 is 0.820 bits per heavy atom. The van der Waals surface area contributed by atoms with E-state index in [9.17, 15) is 13.5 Å². The zero-order valence-corrected chi connectivity index (χ0v) is 29.1. The monoisotopic (exact) mass is 701 g/mol. The Labute approximate surface area is 293 Å². The zero-order valence-electron chi connectivity index (χ0n) is 28.3. The molecule has 0 unspecified atom stereocenters. The molecule has 3 heterocycles. The van der Waals surface area contributed by atoms with E-state index in [0.717, 1.165) is 17.5 Å². The number of aromatic nitrogens is 3. The minimum atomic E-state index is -4.05. The number of anilines is 5. The van der Waals surface area contributed by atoms with Crippen LogP contribution in [0.4, 0.5) is 29.2 Å². The van der Waals surface area contributed by atoms with E-state index in [1.54, 1.807) is 36.4 Å². The molecule has 0 spiro atoms. The Morgan fingerprint density at radius 2 is 1.42 bits per heavy atom. The van der Waals surface area contributed by atoms with Gasteiger partial charge in [-0.05, 0) is 74.5 Å². The molecule has 2 saturated heterocycles. The van der Waals surface area contributed by atoms with Gasteiger partial charge in [-0.2, -0.15) is 15.0 Å². The summed E-state index contributed by atoms with van der Waals surface area (Å²) in [4.78, 5) is 18.6. The van der Waals surface area contributed by atoms with Crippen LogP contribution < -0.4 is 42.4 Å². The number of sulfonamides is 1. The Morgan fingerprint density at radius 3 is 2.00 bits per heavy atom. The molecule has 2 fully saturated rings. The van der Waals surface area contributed by atoms with Crippen LogP contribution in [-0.4, -0.2) is 79.8 Å². The highest BCUT2D eigenvalue weighted by molar-refractivity contribution is 7.92. The maximum atomic E-state index is 14.0. The number of benzene rings is 3. The summed E-state index contributed by atoms with van der Waals surface area (Å²) < 4.78 is 29.2. The molecule has 4 atom stereocenters. The summed E-state index contributed by atoms with van der Waals surface area (Å²) in [6, 6.07) is 20.3. The van der Waals surface area contributed by atoms with E-state index >= 15 is 0 Å². The first-order valence-corrected chi connectivity index (χ1v) is 18.4. The number of nitrogens with zero attached hydrogens (tertiary/aromatic N) is 6. The van der Waals surface area contributed by atoms with Crippen molar-refractivity contribution in [3.63, 3.8) is 0 Å². The van der Waals surface area contributed by atoms with Gasteiger partial charge < -0.3 is 43.2 Å². The highest BCUT2D eigenvalue weighted by atomic mass is 32.2. The molecule has 50 heavy (non-hydrogen) atoms. The van der Waals surface area contributed by atoms with Crippen molar-refractivity contribution in [2.24, 2.45) is 34.8 Å². The normalized spacial score (nSPS) is 21.2. The summed E-state index contributed by atoms with van der Waals surface area (Å²) in [5.74, 6) is 1.40. The second-order valence-corrected chi connectivity index (χ2v) is 15.3. The lowest BCUT2D eigenvalue weighted by Crippen LogP contribution is -2.53. The van der Waals surface area contributed by atoms with E-state index in [0.29, 0.717) is 63.3 Å². The molecule has 10 N–H and O–H groups in total. The Bertz CT molecular complexity index is 1840. The number of nitrogens with two attached hydrogens (primary N) is 4. The van der Waals surface area contributed by atoms with E-state index in [2.05, 4.69) is 10.2 Å². The smallest absolute Gasteiger partial charge is 0.264 e. The predicted octanol–water partition coefficient (Wildman–Crippen LogP) is 2.25. The zero-order chi connectivity index (χ0) is 35.4. The summed E-state index contributed by atoms with van der Waals surface area (Å²) in [6.07, 6.45) is 1.64. The van der Waals surface area contributed by atoms with Gasteiger partial charge in [-0.3, -0.25) is 4.31 Å². The number of hydrogen-bond donors (Lipinski definition) is 6. The van der Waals surface area contributed by atoms with Crippen molar-refractivity contribution in [1.29, 1.82) is 0 Å². The van der Waals surface area contributed by atoms with E-state index in [1.807, 2.05) is 42.2 Å². The van der Waals surface area contributed by atoms with Gasteiger partial charge in [0.1, 0.15) is 5.75 Å². The predicted molar refractivity (Wildman–Crippen MR) is 197 cm³/mol. The average molecular weight is 702 g/mol. The van der Waals surface area contributed by atoms with Crippen LogP contribution >= 0.6 is 0 Å². The number of rotatable bonds is 11. The number of phenolic OH excluding ortho intramolecular Hbond substituents is 1. The molecule has 2 aliphatic rings. The molecule has 0 aliphatic carbocycles. The van der Waals surface area contributed by atoms with Crippen LogP contribution in [0.25, 0.3) is 0 Å². The number of nitrogens with one attached hydrogen (secondary N) is 1. The van der Waals surface area contributed by atoms with Crippen LogP contribution in [0.15, 0.2) is 77.7 Å². The molecule has 0 amide bonds. The Kier molecular flexibility index (Phi) is 10.7. The molecule has 1 aromatic heterocycles. The Balaban J connectivity index is 1.34. The van der Waals surface area contributed by atoms with Gasteiger partial charge in [0.15, 0.2) is 0 Å². The summed E-state index contributed by atoms with van der Waals surface area (Å²) >= 11 is 0. The molecule has 15 heteroatoms. The minimum Gasteiger partial charge on any atom is -0.506 e. The molecule has 0 bridgehead atoms. The molecule has 4 aromatic rings. The van der Waals surface area contributed by atoms with Crippen LogP contribution in [0, 0.1) is 18.8 Å². The lowest BCUT2D eigenvalue weighted by atomic mass is 9.89. The fraction of sp³-hybridized carbons (Fsp3) is 0.400. The molecule has 3 aromatic carbocycles. The fourth-order valence-corrected chi connectivity index (χ4v) is 8.15. The van der Waals surface area contributed by atoms with Gasteiger partial charge >= 0.3 is 0 Å². The average Bonchev–Trinajstić information content (AvgIpc) is 3.10. The summed E-state index contributed by atoms with van der Waals surface area (Å²) in [5.41, 5.74) is 27.1. The molecule has 0 radical (unpaired) electrons. The van der Waals surface area contributed by atoms with Crippen molar-refractivity contribution in [1.82, 2.24) is 15.0 Å². The quantitative estimate of drug-likeness (QED) is 0.132. The topological polar surface area (TPSA) is 219 Å². The Hall–Kier alpha value is -4.54. The first kappa shape index (κ1) is 35.3. The third-order valence-electron chi connectivity index (χ3n) is 9.26. The summed E-state index contributed by atoms with van der Waals surface area (Å²) in [7, 11) is -4.05.